The zero-order valence-electron chi connectivity index (χ0n) is 13.4. The molecule has 1 atom stereocenters. The van der Waals surface area contributed by atoms with Crippen LogP contribution in [-0.4, -0.2) is 37.7 Å². The molecule has 2 rings (SSSR count). The molecule has 0 aromatic heterocycles. The largest absolute Gasteiger partial charge is 0.494 e. The summed E-state index contributed by atoms with van der Waals surface area (Å²) in [5.41, 5.74) is 1.02. The molecule has 1 fully saturated rings. The lowest BCUT2D eigenvalue weighted by molar-refractivity contribution is 0.237. The first-order valence-electron chi connectivity index (χ1n) is 7.87. The molecule has 1 heterocycles. The molecule has 0 aliphatic carbocycles. The molecule has 0 bridgehead atoms. The molecule has 1 unspecified atom stereocenters. The Labute approximate surface area is 127 Å². The molecule has 3 nitrogen and oxygen atoms in total. The van der Waals surface area contributed by atoms with E-state index >= 15 is 0 Å². The van der Waals surface area contributed by atoms with E-state index in [2.05, 4.69) is 24.1 Å². The van der Waals surface area contributed by atoms with Gasteiger partial charge in [-0.3, -0.25) is 4.90 Å². The molecular weight excluding hydrogens is 267 g/mol. The van der Waals surface area contributed by atoms with E-state index in [4.69, 9.17) is 4.74 Å². The maximum absolute atomic E-state index is 13.8. The van der Waals surface area contributed by atoms with Crippen molar-refractivity contribution in [3.8, 4) is 5.75 Å². The van der Waals surface area contributed by atoms with Gasteiger partial charge < -0.3 is 10.1 Å². The molecule has 1 saturated heterocycles. The number of methoxy groups -OCH3 is 1. The van der Waals surface area contributed by atoms with E-state index < -0.39 is 0 Å². The summed E-state index contributed by atoms with van der Waals surface area (Å²) in [6, 6.07) is 5.83. The number of rotatable bonds is 7. The van der Waals surface area contributed by atoms with Crippen molar-refractivity contribution in [2.24, 2.45) is 5.92 Å². The number of nitrogens with zero attached hydrogens (tertiary/aromatic N) is 1. The highest BCUT2D eigenvalue weighted by molar-refractivity contribution is 5.29. The molecule has 1 N–H and O–H groups in total. The van der Waals surface area contributed by atoms with E-state index in [1.807, 2.05) is 6.07 Å². The number of benzene rings is 1. The van der Waals surface area contributed by atoms with Crippen molar-refractivity contribution in [3.63, 3.8) is 0 Å². The lowest BCUT2D eigenvalue weighted by Gasteiger charge is -2.25. The predicted molar refractivity (Wildman–Crippen MR) is 84.1 cm³/mol. The van der Waals surface area contributed by atoms with Crippen LogP contribution in [0.4, 0.5) is 4.39 Å². The number of hydrogen-bond donors (Lipinski definition) is 1. The van der Waals surface area contributed by atoms with Gasteiger partial charge in [0, 0.05) is 19.1 Å². The van der Waals surface area contributed by atoms with Crippen LogP contribution >= 0.6 is 0 Å². The molecule has 1 aromatic carbocycles. The summed E-state index contributed by atoms with van der Waals surface area (Å²) < 4.78 is 18.7. The summed E-state index contributed by atoms with van der Waals surface area (Å²) >= 11 is 0. The third-order valence-corrected chi connectivity index (χ3v) is 4.03. The lowest BCUT2D eigenvalue weighted by atomic mass is 10.1. The van der Waals surface area contributed by atoms with Gasteiger partial charge in [-0.25, -0.2) is 4.39 Å². The fraction of sp³-hybridized carbons (Fsp3) is 0.647. The van der Waals surface area contributed by atoms with Crippen molar-refractivity contribution in [3.05, 3.63) is 29.6 Å². The minimum absolute atomic E-state index is 0.274. The standard InChI is InChI=1S/C17H27FN2O/c1-13(2)10-19-11-15-5-4-8-20(15)12-14-6-7-17(21-3)16(18)9-14/h6-7,9,13,15,19H,4-5,8,10-12H2,1-3H3. The quantitative estimate of drug-likeness (QED) is 0.836. The van der Waals surface area contributed by atoms with E-state index in [1.54, 1.807) is 12.1 Å². The first-order chi connectivity index (χ1) is 10.1. The molecule has 1 aliphatic heterocycles. The maximum Gasteiger partial charge on any atom is 0.165 e. The number of ether oxygens (including phenoxy) is 1. The van der Waals surface area contributed by atoms with Crippen molar-refractivity contribution in [2.75, 3.05) is 26.7 Å². The summed E-state index contributed by atoms with van der Waals surface area (Å²) in [4.78, 5) is 2.45. The van der Waals surface area contributed by atoms with Gasteiger partial charge in [0.15, 0.2) is 11.6 Å². The van der Waals surface area contributed by atoms with Crippen molar-refractivity contribution in [1.82, 2.24) is 10.2 Å². The number of nitrogens with one attached hydrogen (secondary N) is 1. The topological polar surface area (TPSA) is 24.5 Å². The van der Waals surface area contributed by atoms with Gasteiger partial charge in [-0.2, -0.15) is 0 Å². The number of likely N-dealkylation sites (tertiary alicyclic amines) is 1. The average molecular weight is 294 g/mol. The molecule has 21 heavy (non-hydrogen) atoms. The van der Waals surface area contributed by atoms with E-state index in [0.29, 0.717) is 17.7 Å². The summed E-state index contributed by atoms with van der Waals surface area (Å²) in [6.07, 6.45) is 2.45. The maximum atomic E-state index is 13.8. The van der Waals surface area contributed by atoms with Crippen LogP contribution in [0.15, 0.2) is 18.2 Å². The van der Waals surface area contributed by atoms with Gasteiger partial charge in [0.05, 0.1) is 7.11 Å². The Hall–Kier alpha value is -1.13. The Balaban J connectivity index is 1.90. The summed E-state index contributed by atoms with van der Waals surface area (Å²) in [5.74, 6) is 0.717. The Morgan fingerprint density at radius 3 is 2.90 bits per heavy atom. The van der Waals surface area contributed by atoms with Crippen LogP contribution < -0.4 is 10.1 Å². The highest BCUT2D eigenvalue weighted by atomic mass is 19.1. The van der Waals surface area contributed by atoms with Crippen LogP contribution in [0.3, 0.4) is 0 Å². The first kappa shape index (κ1) is 16.2. The Morgan fingerprint density at radius 1 is 1.43 bits per heavy atom. The summed E-state index contributed by atoms with van der Waals surface area (Å²) in [6.45, 7) is 8.44. The predicted octanol–water partition coefficient (Wildman–Crippen LogP) is 3.04. The van der Waals surface area contributed by atoms with E-state index in [0.717, 1.165) is 31.7 Å². The molecule has 0 radical (unpaired) electrons. The number of hydrogen-bond acceptors (Lipinski definition) is 3. The Morgan fingerprint density at radius 2 is 2.24 bits per heavy atom. The van der Waals surface area contributed by atoms with Crippen LogP contribution in [0.1, 0.15) is 32.3 Å². The fourth-order valence-corrected chi connectivity index (χ4v) is 2.92. The second-order valence-electron chi connectivity index (χ2n) is 6.29. The zero-order chi connectivity index (χ0) is 15.2. The van der Waals surface area contributed by atoms with Crippen molar-refractivity contribution < 1.29 is 9.13 Å². The normalized spacial score (nSPS) is 19.4. The van der Waals surface area contributed by atoms with E-state index in [9.17, 15) is 4.39 Å². The van der Waals surface area contributed by atoms with Gasteiger partial charge in [-0.15, -0.1) is 0 Å². The van der Waals surface area contributed by atoms with Crippen molar-refractivity contribution >= 4 is 0 Å². The van der Waals surface area contributed by atoms with Gasteiger partial charge in [0.25, 0.3) is 0 Å². The molecule has 0 spiro atoms. The van der Waals surface area contributed by atoms with E-state index in [-0.39, 0.29) is 5.82 Å². The monoisotopic (exact) mass is 294 g/mol. The molecule has 1 aromatic rings. The minimum atomic E-state index is -0.274. The van der Waals surface area contributed by atoms with Crippen molar-refractivity contribution in [2.45, 2.75) is 39.3 Å². The average Bonchev–Trinajstić information content (AvgIpc) is 2.86. The molecule has 0 amide bonds. The van der Waals surface area contributed by atoms with Crippen LogP contribution in [0.5, 0.6) is 5.75 Å². The minimum Gasteiger partial charge on any atom is -0.494 e. The molecule has 0 saturated carbocycles. The first-order valence-corrected chi connectivity index (χ1v) is 7.87. The summed E-state index contributed by atoms with van der Waals surface area (Å²) in [7, 11) is 1.50. The second-order valence-corrected chi connectivity index (χ2v) is 6.29. The second kappa shape index (κ2) is 7.76. The molecule has 4 heteroatoms. The molecule has 1 aliphatic rings. The zero-order valence-corrected chi connectivity index (χ0v) is 13.4. The highest BCUT2D eigenvalue weighted by Crippen LogP contribution is 2.23. The third kappa shape index (κ3) is 4.68. The van der Waals surface area contributed by atoms with Crippen LogP contribution in [0, 0.1) is 11.7 Å². The molecule has 118 valence electrons. The van der Waals surface area contributed by atoms with Gasteiger partial charge >= 0.3 is 0 Å². The van der Waals surface area contributed by atoms with Gasteiger partial charge in [0.2, 0.25) is 0 Å². The van der Waals surface area contributed by atoms with Crippen molar-refractivity contribution in [1.29, 1.82) is 0 Å². The number of halogens is 1. The van der Waals surface area contributed by atoms with E-state index in [1.165, 1.54) is 20.0 Å². The smallest absolute Gasteiger partial charge is 0.165 e. The Kier molecular flexibility index (Phi) is 6.00. The molecular formula is C17H27FN2O. The highest BCUT2D eigenvalue weighted by Gasteiger charge is 2.24. The lowest BCUT2D eigenvalue weighted by Crippen LogP contribution is -2.38. The van der Waals surface area contributed by atoms with Gasteiger partial charge in [0.1, 0.15) is 0 Å². The van der Waals surface area contributed by atoms with Gasteiger partial charge in [-0.05, 0) is 49.5 Å². The SMILES string of the molecule is COc1ccc(CN2CCCC2CNCC(C)C)cc1F. The van der Waals surface area contributed by atoms with Crippen LogP contribution in [0.25, 0.3) is 0 Å². The summed E-state index contributed by atoms with van der Waals surface area (Å²) in [5, 5.41) is 3.54. The fourth-order valence-electron chi connectivity index (χ4n) is 2.92. The third-order valence-electron chi connectivity index (χ3n) is 4.03. The van der Waals surface area contributed by atoms with Crippen LogP contribution in [-0.2, 0) is 6.54 Å². The Bertz CT molecular complexity index is 450. The van der Waals surface area contributed by atoms with Gasteiger partial charge in [-0.1, -0.05) is 19.9 Å². The van der Waals surface area contributed by atoms with Crippen LogP contribution in [0.2, 0.25) is 0 Å².